The van der Waals surface area contributed by atoms with Gasteiger partial charge >= 0.3 is 0 Å². The van der Waals surface area contributed by atoms with Crippen LogP contribution in [0.2, 0.25) is 0 Å². The Hall–Kier alpha value is -1.23. The van der Waals surface area contributed by atoms with Crippen molar-refractivity contribution in [3.05, 3.63) is 52.0 Å². The maximum Gasteiger partial charge on any atom is 0.115 e. The van der Waals surface area contributed by atoms with E-state index in [4.69, 9.17) is 5.73 Å². The summed E-state index contributed by atoms with van der Waals surface area (Å²) < 4.78 is 0. The van der Waals surface area contributed by atoms with Gasteiger partial charge < -0.3 is 5.73 Å². The third-order valence-corrected chi connectivity index (χ3v) is 3.59. The van der Waals surface area contributed by atoms with Crippen molar-refractivity contribution in [1.29, 1.82) is 0 Å². The van der Waals surface area contributed by atoms with Crippen molar-refractivity contribution >= 4 is 11.3 Å². The Morgan fingerprint density at radius 1 is 1.29 bits per heavy atom. The van der Waals surface area contributed by atoms with E-state index < -0.39 is 0 Å². The van der Waals surface area contributed by atoms with E-state index in [9.17, 15) is 0 Å². The van der Waals surface area contributed by atoms with Crippen LogP contribution in [0.15, 0.2) is 35.7 Å². The first kappa shape index (κ1) is 12.2. The second-order valence-electron chi connectivity index (χ2n) is 4.16. The van der Waals surface area contributed by atoms with Gasteiger partial charge in [-0.3, -0.25) is 4.90 Å². The molecule has 1 heterocycles. The molecule has 0 saturated heterocycles. The highest BCUT2D eigenvalue weighted by atomic mass is 32.1. The molecule has 2 rings (SSSR count). The molecule has 1 atom stereocenters. The number of aromatic nitrogens is 1. The number of hydrogen-bond donors (Lipinski definition) is 1. The first-order valence-electron chi connectivity index (χ1n) is 5.58. The lowest BCUT2D eigenvalue weighted by molar-refractivity contribution is 0.341. The molecule has 0 aliphatic carbocycles. The Bertz CT molecular complexity index is 465. The largest absolute Gasteiger partial charge is 0.325 e. The van der Waals surface area contributed by atoms with E-state index in [2.05, 4.69) is 48.2 Å². The highest BCUT2D eigenvalue weighted by molar-refractivity contribution is 7.09. The van der Waals surface area contributed by atoms with E-state index >= 15 is 0 Å². The lowest BCUT2D eigenvalue weighted by atomic mass is 10.1. The lowest BCUT2D eigenvalue weighted by Gasteiger charge is -2.22. The standard InChI is InChI=1S/C13H17N3S/c1-16(2)12(10-6-4-3-5-7-10)13-15-11(8-14)9-17-13/h3-7,9,12H,8,14H2,1-2H3. The van der Waals surface area contributed by atoms with Crippen LogP contribution in [0.25, 0.3) is 0 Å². The second-order valence-corrected chi connectivity index (χ2v) is 5.05. The van der Waals surface area contributed by atoms with E-state index in [0.29, 0.717) is 6.54 Å². The number of benzene rings is 1. The van der Waals surface area contributed by atoms with Gasteiger partial charge in [-0.15, -0.1) is 11.3 Å². The fourth-order valence-electron chi connectivity index (χ4n) is 1.84. The molecule has 0 aliphatic rings. The molecule has 3 nitrogen and oxygen atoms in total. The fourth-order valence-corrected chi connectivity index (χ4v) is 2.89. The number of hydrogen-bond acceptors (Lipinski definition) is 4. The van der Waals surface area contributed by atoms with Crippen LogP contribution in [0.3, 0.4) is 0 Å². The van der Waals surface area contributed by atoms with Gasteiger partial charge in [0.2, 0.25) is 0 Å². The van der Waals surface area contributed by atoms with Gasteiger partial charge in [-0.1, -0.05) is 30.3 Å². The van der Waals surface area contributed by atoms with Crippen LogP contribution in [0, 0.1) is 0 Å². The molecular weight excluding hydrogens is 230 g/mol. The molecule has 1 aromatic carbocycles. The van der Waals surface area contributed by atoms with Gasteiger partial charge in [0.1, 0.15) is 5.01 Å². The van der Waals surface area contributed by atoms with Crippen molar-refractivity contribution in [2.75, 3.05) is 14.1 Å². The zero-order valence-electron chi connectivity index (χ0n) is 10.1. The summed E-state index contributed by atoms with van der Waals surface area (Å²) in [6.45, 7) is 0.505. The van der Waals surface area contributed by atoms with E-state index in [-0.39, 0.29) is 6.04 Å². The summed E-state index contributed by atoms with van der Waals surface area (Å²) in [6.07, 6.45) is 0. The third kappa shape index (κ3) is 2.72. The van der Waals surface area contributed by atoms with Crippen LogP contribution in [-0.4, -0.2) is 24.0 Å². The van der Waals surface area contributed by atoms with Crippen molar-refractivity contribution in [2.45, 2.75) is 12.6 Å². The third-order valence-electron chi connectivity index (χ3n) is 2.64. The van der Waals surface area contributed by atoms with E-state index in [1.54, 1.807) is 11.3 Å². The van der Waals surface area contributed by atoms with Crippen LogP contribution < -0.4 is 5.73 Å². The minimum absolute atomic E-state index is 0.210. The molecule has 0 spiro atoms. The highest BCUT2D eigenvalue weighted by Crippen LogP contribution is 2.28. The van der Waals surface area contributed by atoms with Crippen molar-refractivity contribution in [1.82, 2.24) is 9.88 Å². The molecular formula is C13H17N3S. The number of nitrogens with zero attached hydrogens (tertiary/aromatic N) is 2. The highest BCUT2D eigenvalue weighted by Gasteiger charge is 2.19. The normalized spacial score (nSPS) is 12.9. The zero-order valence-corrected chi connectivity index (χ0v) is 10.9. The van der Waals surface area contributed by atoms with Gasteiger partial charge in [0.05, 0.1) is 11.7 Å². The van der Waals surface area contributed by atoms with Crippen molar-refractivity contribution < 1.29 is 0 Å². The quantitative estimate of drug-likeness (QED) is 0.901. The number of thiazole rings is 1. The topological polar surface area (TPSA) is 42.2 Å². The monoisotopic (exact) mass is 247 g/mol. The molecule has 0 fully saturated rings. The molecule has 0 amide bonds. The number of rotatable bonds is 4. The van der Waals surface area contributed by atoms with E-state index in [1.165, 1.54) is 5.56 Å². The molecule has 17 heavy (non-hydrogen) atoms. The number of nitrogens with two attached hydrogens (primary N) is 1. The molecule has 90 valence electrons. The molecule has 0 bridgehead atoms. The Kier molecular flexibility index (Phi) is 3.89. The van der Waals surface area contributed by atoms with E-state index in [1.807, 2.05) is 11.4 Å². The van der Waals surface area contributed by atoms with Crippen LogP contribution in [0.5, 0.6) is 0 Å². The molecule has 0 saturated carbocycles. The van der Waals surface area contributed by atoms with Gasteiger partial charge in [-0.25, -0.2) is 4.98 Å². The molecule has 2 N–H and O–H groups in total. The summed E-state index contributed by atoms with van der Waals surface area (Å²) in [4.78, 5) is 6.75. The molecule has 2 aromatic rings. The van der Waals surface area contributed by atoms with Crippen molar-refractivity contribution in [3.63, 3.8) is 0 Å². The van der Waals surface area contributed by atoms with Crippen LogP contribution in [0.4, 0.5) is 0 Å². The SMILES string of the molecule is CN(C)C(c1ccccc1)c1nc(CN)cs1. The van der Waals surface area contributed by atoms with Crippen LogP contribution in [-0.2, 0) is 6.54 Å². The lowest BCUT2D eigenvalue weighted by Crippen LogP contribution is -2.21. The zero-order chi connectivity index (χ0) is 12.3. The summed E-state index contributed by atoms with van der Waals surface area (Å²) in [7, 11) is 4.14. The van der Waals surface area contributed by atoms with Gasteiger partial charge in [0.15, 0.2) is 0 Å². The van der Waals surface area contributed by atoms with Crippen LogP contribution >= 0.6 is 11.3 Å². The van der Waals surface area contributed by atoms with Gasteiger partial charge in [-0.2, -0.15) is 0 Å². The average Bonchev–Trinajstić information content (AvgIpc) is 2.79. The van der Waals surface area contributed by atoms with Gasteiger partial charge in [0.25, 0.3) is 0 Å². The van der Waals surface area contributed by atoms with Crippen molar-refractivity contribution in [3.8, 4) is 0 Å². The molecule has 4 heteroatoms. The molecule has 0 radical (unpaired) electrons. The summed E-state index contributed by atoms with van der Waals surface area (Å²) in [5.41, 5.74) is 7.83. The van der Waals surface area contributed by atoms with E-state index in [0.717, 1.165) is 10.7 Å². The minimum atomic E-state index is 0.210. The first-order valence-corrected chi connectivity index (χ1v) is 6.46. The second kappa shape index (κ2) is 5.40. The van der Waals surface area contributed by atoms with Crippen LogP contribution in [0.1, 0.15) is 22.3 Å². The summed E-state index contributed by atoms with van der Waals surface area (Å²) in [5, 5.41) is 3.14. The minimum Gasteiger partial charge on any atom is -0.325 e. The summed E-state index contributed by atoms with van der Waals surface area (Å²) in [5.74, 6) is 0. The summed E-state index contributed by atoms with van der Waals surface area (Å²) in [6, 6.07) is 10.6. The predicted molar refractivity (Wildman–Crippen MR) is 72.0 cm³/mol. The Morgan fingerprint density at radius 2 is 2.00 bits per heavy atom. The van der Waals surface area contributed by atoms with Crippen molar-refractivity contribution in [2.24, 2.45) is 5.73 Å². The Balaban J connectivity index is 2.36. The average molecular weight is 247 g/mol. The maximum absolute atomic E-state index is 5.61. The molecule has 0 aliphatic heterocycles. The molecule has 1 unspecified atom stereocenters. The molecule has 1 aromatic heterocycles. The maximum atomic E-state index is 5.61. The fraction of sp³-hybridized carbons (Fsp3) is 0.308. The summed E-state index contributed by atoms with van der Waals surface area (Å²) >= 11 is 1.67. The Morgan fingerprint density at radius 3 is 2.53 bits per heavy atom. The first-order chi connectivity index (χ1) is 8.22. The Labute approximate surface area is 106 Å². The predicted octanol–water partition coefficient (Wildman–Crippen LogP) is 2.25. The van der Waals surface area contributed by atoms with Gasteiger partial charge in [-0.05, 0) is 19.7 Å². The van der Waals surface area contributed by atoms with Gasteiger partial charge in [0, 0.05) is 11.9 Å². The smallest absolute Gasteiger partial charge is 0.115 e.